The Bertz CT molecular complexity index is 947. The van der Waals surface area contributed by atoms with E-state index in [-0.39, 0.29) is 0 Å². The first-order chi connectivity index (χ1) is 14.3. The van der Waals surface area contributed by atoms with E-state index < -0.39 is 0 Å². The Morgan fingerprint density at radius 1 is 0.931 bits per heavy atom. The topological polar surface area (TPSA) is 28.6 Å². The van der Waals surface area contributed by atoms with Crippen molar-refractivity contribution in [1.82, 2.24) is 4.98 Å². The minimum atomic E-state index is 0.812. The number of rotatable bonds is 8. The fourth-order valence-electron chi connectivity index (χ4n) is 3.88. The van der Waals surface area contributed by atoms with Crippen LogP contribution in [0.25, 0.3) is 20.4 Å². The van der Waals surface area contributed by atoms with Gasteiger partial charge in [-0.1, -0.05) is 26.7 Å². The molecule has 0 spiro atoms. The molecule has 1 aliphatic heterocycles. The number of nitrogens with zero attached hydrogens (tertiary/aromatic N) is 3. The Labute approximate surface area is 178 Å². The minimum absolute atomic E-state index is 0.812. The second kappa shape index (κ2) is 9.68. The van der Waals surface area contributed by atoms with Gasteiger partial charge in [0.05, 0.1) is 13.2 Å². The van der Waals surface area contributed by atoms with Gasteiger partial charge in [0.25, 0.3) is 9.40 Å². The first-order valence-electron chi connectivity index (χ1n) is 11.0. The predicted octanol–water partition coefficient (Wildman–Crippen LogP) is 5.97. The molecule has 0 unspecified atom stereocenters. The van der Waals surface area contributed by atoms with Gasteiger partial charge in [0, 0.05) is 49.7 Å². The van der Waals surface area contributed by atoms with Gasteiger partial charge in [-0.15, -0.1) is 0 Å². The summed E-state index contributed by atoms with van der Waals surface area (Å²) in [4.78, 5) is 9.90. The van der Waals surface area contributed by atoms with Gasteiger partial charge in [-0.05, 0) is 37.1 Å². The summed E-state index contributed by atoms with van der Waals surface area (Å²) in [6.07, 6.45) is 4.94. The summed E-state index contributed by atoms with van der Waals surface area (Å²) in [7, 11) is 0. The van der Waals surface area contributed by atoms with Gasteiger partial charge < -0.3 is 14.5 Å². The molecule has 1 aromatic heterocycles. The standard InChI is InChI=1S/C24H32N3OS/c1-3-5-11-26(12-6-4-2)19-7-9-21-23(17-19)29-24-18-20(8-10-22(24)25-21)27-13-15-28-16-14-27/h7-10,17-18H,3-6,11-16H2,1-2H3/q+1. The van der Waals surface area contributed by atoms with Crippen LogP contribution in [-0.2, 0) is 4.74 Å². The van der Waals surface area contributed by atoms with Gasteiger partial charge >= 0.3 is 0 Å². The van der Waals surface area contributed by atoms with Crippen LogP contribution < -0.4 is 9.80 Å². The minimum Gasteiger partial charge on any atom is -0.378 e. The molecule has 0 atom stereocenters. The molecule has 0 aliphatic carbocycles. The van der Waals surface area contributed by atoms with Gasteiger partial charge in [-0.25, -0.2) is 4.98 Å². The first kappa shape index (κ1) is 20.3. The summed E-state index contributed by atoms with van der Waals surface area (Å²) in [5, 5.41) is 0. The lowest BCUT2D eigenvalue weighted by Gasteiger charge is -2.28. The normalized spacial score (nSPS) is 14.6. The summed E-state index contributed by atoms with van der Waals surface area (Å²) in [6, 6.07) is 13.5. The van der Waals surface area contributed by atoms with Crippen LogP contribution in [0.2, 0.25) is 0 Å². The lowest BCUT2D eigenvalue weighted by Crippen LogP contribution is -2.36. The van der Waals surface area contributed by atoms with Crippen LogP contribution in [0.1, 0.15) is 39.5 Å². The maximum Gasteiger partial charge on any atom is 0.259 e. The van der Waals surface area contributed by atoms with Crippen LogP contribution in [0.3, 0.4) is 0 Å². The van der Waals surface area contributed by atoms with E-state index in [0.717, 1.165) is 50.4 Å². The molecule has 0 saturated carbocycles. The number of fused-ring (bicyclic) bond motifs is 2. The molecule has 1 aliphatic rings. The smallest absolute Gasteiger partial charge is 0.259 e. The molecule has 4 rings (SSSR count). The molecule has 2 aromatic carbocycles. The number of hydrogen-bond acceptors (Lipinski definition) is 4. The Morgan fingerprint density at radius 2 is 1.59 bits per heavy atom. The van der Waals surface area contributed by atoms with Gasteiger partial charge in [0.2, 0.25) is 11.3 Å². The van der Waals surface area contributed by atoms with Gasteiger partial charge in [-0.2, -0.15) is 0 Å². The molecule has 0 N–H and O–H groups in total. The maximum atomic E-state index is 5.50. The molecule has 154 valence electrons. The number of hydrogen-bond donors (Lipinski definition) is 0. The zero-order valence-corrected chi connectivity index (χ0v) is 18.5. The Kier molecular flexibility index (Phi) is 6.78. The quantitative estimate of drug-likeness (QED) is 0.338. The number of ether oxygens (including phenoxy) is 1. The fourth-order valence-corrected chi connectivity index (χ4v) is 4.92. The predicted molar refractivity (Wildman–Crippen MR) is 127 cm³/mol. The van der Waals surface area contributed by atoms with E-state index in [0.29, 0.717) is 0 Å². The molecule has 1 fully saturated rings. The SMILES string of the molecule is CCCCN(CCCC)c1ccc2nc3ccc(N4CCOCC4)cc3[s+]c2c1. The van der Waals surface area contributed by atoms with Crippen LogP contribution in [0.5, 0.6) is 0 Å². The molecule has 29 heavy (non-hydrogen) atoms. The highest BCUT2D eigenvalue weighted by molar-refractivity contribution is 7.24. The third-order valence-corrected chi connectivity index (χ3v) is 6.75. The van der Waals surface area contributed by atoms with Crippen molar-refractivity contribution in [1.29, 1.82) is 0 Å². The summed E-state index contributed by atoms with van der Waals surface area (Å²) in [6.45, 7) is 10.4. The van der Waals surface area contributed by atoms with Crippen LogP contribution >= 0.6 is 11.3 Å². The van der Waals surface area contributed by atoms with Crippen LogP contribution in [0.4, 0.5) is 11.4 Å². The molecular formula is C24H32N3OS+. The number of aromatic nitrogens is 1. The lowest BCUT2D eigenvalue weighted by molar-refractivity contribution is 0.122. The van der Waals surface area contributed by atoms with Crippen LogP contribution in [-0.4, -0.2) is 44.4 Å². The lowest BCUT2D eigenvalue weighted by atomic mass is 10.2. The van der Waals surface area contributed by atoms with Gasteiger partial charge in [-0.3, -0.25) is 0 Å². The fraction of sp³-hybridized carbons (Fsp3) is 0.500. The van der Waals surface area contributed by atoms with E-state index in [4.69, 9.17) is 9.72 Å². The monoisotopic (exact) mass is 410 g/mol. The maximum absolute atomic E-state index is 5.50. The Morgan fingerprint density at radius 3 is 2.28 bits per heavy atom. The van der Waals surface area contributed by atoms with Crippen molar-refractivity contribution in [3.8, 4) is 0 Å². The van der Waals surface area contributed by atoms with E-state index in [1.54, 1.807) is 0 Å². The van der Waals surface area contributed by atoms with E-state index in [9.17, 15) is 0 Å². The Hall–Kier alpha value is -1.98. The van der Waals surface area contributed by atoms with Crippen LogP contribution in [0, 0.1) is 0 Å². The summed E-state index contributed by atoms with van der Waals surface area (Å²) in [5.74, 6) is 0. The zero-order chi connectivity index (χ0) is 20.1. The third-order valence-electron chi connectivity index (χ3n) is 5.65. The van der Waals surface area contributed by atoms with Crippen molar-refractivity contribution in [2.24, 2.45) is 0 Å². The molecule has 3 aromatic rings. The van der Waals surface area contributed by atoms with Gasteiger partial charge in [0.15, 0.2) is 0 Å². The highest BCUT2D eigenvalue weighted by Gasteiger charge is 2.18. The van der Waals surface area contributed by atoms with E-state index in [2.05, 4.69) is 60.0 Å². The van der Waals surface area contributed by atoms with Crippen molar-refractivity contribution < 1.29 is 4.74 Å². The number of unbranched alkanes of at least 4 members (excludes halogenated alkanes) is 2. The van der Waals surface area contributed by atoms with E-state index >= 15 is 0 Å². The molecule has 4 nitrogen and oxygen atoms in total. The highest BCUT2D eigenvalue weighted by atomic mass is 32.1. The summed E-state index contributed by atoms with van der Waals surface area (Å²) in [5.41, 5.74) is 4.79. The zero-order valence-electron chi connectivity index (χ0n) is 17.7. The molecule has 1 saturated heterocycles. The van der Waals surface area contributed by atoms with Gasteiger partial charge in [0.1, 0.15) is 11.0 Å². The largest absolute Gasteiger partial charge is 0.378 e. The van der Waals surface area contributed by atoms with E-state index in [1.165, 1.54) is 46.5 Å². The Balaban J connectivity index is 1.67. The molecule has 0 radical (unpaired) electrons. The van der Waals surface area contributed by atoms with Crippen molar-refractivity contribution in [2.45, 2.75) is 39.5 Å². The van der Waals surface area contributed by atoms with E-state index in [1.807, 2.05) is 11.3 Å². The second-order valence-corrected chi connectivity index (χ2v) is 8.90. The highest BCUT2D eigenvalue weighted by Crippen LogP contribution is 2.32. The van der Waals surface area contributed by atoms with Crippen molar-refractivity contribution in [2.75, 3.05) is 49.2 Å². The third kappa shape index (κ3) is 4.78. The second-order valence-electron chi connectivity index (χ2n) is 7.81. The average molecular weight is 411 g/mol. The summed E-state index contributed by atoms with van der Waals surface area (Å²) >= 11 is 1.86. The first-order valence-corrected chi connectivity index (χ1v) is 11.9. The summed E-state index contributed by atoms with van der Waals surface area (Å²) < 4.78 is 8.03. The molecular weight excluding hydrogens is 378 g/mol. The molecule has 2 heterocycles. The number of benzene rings is 2. The van der Waals surface area contributed by atoms with Crippen molar-refractivity contribution in [3.05, 3.63) is 36.4 Å². The average Bonchev–Trinajstić information content (AvgIpc) is 2.77. The molecule has 0 bridgehead atoms. The number of morpholine rings is 1. The molecule has 0 amide bonds. The number of anilines is 2. The van der Waals surface area contributed by atoms with Crippen molar-refractivity contribution in [3.63, 3.8) is 0 Å². The van der Waals surface area contributed by atoms with Crippen molar-refractivity contribution >= 4 is 43.1 Å². The van der Waals surface area contributed by atoms with Crippen LogP contribution in [0.15, 0.2) is 36.4 Å². The molecule has 5 heteroatoms.